The topological polar surface area (TPSA) is 98.0 Å². The fourth-order valence-corrected chi connectivity index (χ4v) is 9.89. The van der Waals surface area contributed by atoms with Crippen molar-refractivity contribution in [2.24, 2.45) is 58.2 Å². The lowest BCUT2D eigenvalue weighted by molar-refractivity contribution is -0.175. The Morgan fingerprint density at radius 1 is 0.941 bits per heavy atom. The molecule has 0 unspecified atom stereocenters. The second-order valence-electron chi connectivity index (χ2n) is 13.6. The molecule has 0 aromatic rings. The van der Waals surface area contributed by atoms with Gasteiger partial charge in [-0.25, -0.2) is 0 Å². The molecule has 34 heavy (non-hydrogen) atoms. The average molecular weight is 479 g/mol. The predicted molar refractivity (Wildman–Crippen MR) is 133 cm³/mol. The van der Waals surface area contributed by atoms with Crippen LogP contribution in [0.5, 0.6) is 0 Å². The molecule has 4 aliphatic carbocycles. The van der Waals surface area contributed by atoms with Crippen LogP contribution in [0.1, 0.15) is 92.9 Å². The third kappa shape index (κ3) is 4.01. The van der Waals surface area contributed by atoms with E-state index in [4.69, 9.17) is 0 Å². The number of aliphatic hydroxyl groups is 4. The lowest BCUT2D eigenvalue weighted by Crippen LogP contribution is -2.59. The molecule has 5 nitrogen and oxygen atoms in total. The van der Waals surface area contributed by atoms with Gasteiger partial charge in [-0.15, -0.1) is 0 Å². The van der Waals surface area contributed by atoms with E-state index >= 15 is 0 Å². The minimum Gasteiger partial charge on any atom is -0.390 e. The Morgan fingerprint density at radius 2 is 1.59 bits per heavy atom. The number of hydrogen-bond acceptors (Lipinski definition) is 5. The summed E-state index contributed by atoms with van der Waals surface area (Å²) in [5.74, 6) is 2.12. The summed E-state index contributed by atoms with van der Waals surface area (Å²) in [5.41, 5.74) is -0.165. The van der Waals surface area contributed by atoms with E-state index in [2.05, 4.69) is 41.5 Å². The lowest BCUT2D eigenvalue weighted by atomic mass is 9.44. The summed E-state index contributed by atoms with van der Waals surface area (Å²) in [6.45, 7) is 13.1. The monoisotopic (exact) mass is 478 g/mol. The lowest BCUT2D eigenvalue weighted by Gasteiger charge is -2.61. The zero-order chi connectivity index (χ0) is 25.2. The Hall–Kier alpha value is -0.490. The van der Waals surface area contributed by atoms with Crippen LogP contribution >= 0.6 is 0 Å². The molecule has 196 valence electrons. The molecule has 13 atom stereocenters. The maximum Gasteiger partial charge on any atom is 0.136 e. The van der Waals surface area contributed by atoms with Crippen molar-refractivity contribution in [1.29, 1.82) is 0 Å². The molecule has 0 bridgehead atoms. The highest BCUT2D eigenvalue weighted by molar-refractivity contribution is 5.83. The van der Waals surface area contributed by atoms with E-state index < -0.39 is 24.4 Å². The number of fused-ring (bicyclic) bond motifs is 5. The van der Waals surface area contributed by atoms with Gasteiger partial charge in [0.2, 0.25) is 0 Å². The first-order valence-corrected chi connectivity index (χ1v) is 14.1. The van der Waals surface area contributed by atoms with Gasteiger partial charge >= 0.3 is 0 Å². The van der Waals surface area contributed by atoms with Gasteiger partial charge in [0.25, 0.3) is 0 Å². The van der Waals surface area contributed by atoms with E-state index in [0.717, 1.165) is 32.1 Å². The Balaban J connectivity index is 1.55. The van der Waals surface area contributed by atoms with Gasteiger partial charge in [0.05, 0.1) is 24.4 Å². The summed E-state index contributed by atoms with van der Waals surface area (Å²) >= 11 is 0. The molecule has 0 heterocycles. The van der Waals surface area contributed by atoms with E-state index in [-0.39, 0.29) is 34.4 Å². The van der Waals surface area contributed by atoms with Crippen molar-refractivity contribution in [1.82, 2.24) is 0 Å². The number of carbonyl (C=O) groups is 1. The maximum absolute atomic E-state index is 13.4. The van der Waals surface area contributed by atoms with Gasteiger partial charge in [-0.3, -0.25) is 4.79 Å². The third-order valence-corrected chi connectivity index (χ3v) is 11.8. The summed E-state index contributed by atoms with van der Waals surface area (Å²) in [6.07, 6.45) is 3.69. The molecule has 4 fully saturated rings. The van der Waals surface area contributed by atoms with Gasteiger partial charge in [0.15, 0.2) is 0 Å². The molecule has 0 aliphatic heterocycles. The molecule has 5 heteroatoms. The Labute approximate surface area is 206 Å². The van der Waals surface area contributed by atoms with Gasteiger partial charge in [0.1, 0.15) is 5.78 Å². The highest BCUT2D eigenvalue weighted by Crippen LogP contribution is 2.67. The standard InChI is InChI=1S/C29H50O5/c1-7-17(15(2)3)27(34)26(33)16(4)19-8-9-20-18-12-23(30)22-13-24(31)25(32)14-29(22,6)21(18)10-11-28(19,20)5/h15-22,24-27,31-34H,7-14H2,1-6H3/t16-,17-,18-,19+,20-,21-,22+,24+,25-,26+,27+,28+,29+/m0/s1. The van der Waals surface area contributed by atoms with E-state index in [1.165, 1.54) is 0 Å². The quantitative estimate of drug-likeness (QED) is 0.459. The van der Waals surface area contributed by atoms with Crippen molar-refractivity contribution >= 4 is 5.78 Å². The van der Waals surface area contributed by atoms with Crippen LogP contribution in [0, 0.1) is 58.2 Å². The van der Waals surface area contributed by atoms with Crippen LogP contribution in [0.3, 0.4) is 0 Å². The minimum atomic E-state index is -0.783. The van der Waals surface area contributed by atoms with Crippen molar-refractivity contribution in [3.05, 3.63) is 0 Å². The molecule has 0 spiro atoms. The highest BCUT2D eigenvalue weighted by atomic mass is 16.3. The molecule has 4 aliphatic rings. The number of carbonyl (C=O) groups excluding carboxylic acids is 1. The van der Waals surface area contributed by atoms with Crippen molar-refractivity contribution in [2.75, 3.05) is 0 Å². The van der Waals surface area contributed by atoms with Gasteiger partial charge in [0, 0.05) is 12.3 Å². The number of hydrogen-bond donors (Lipinski definition) is 4. The number of aliphatic hydroxyl groups excluding tert-OH is 4. The van der Waals surface area contributed by atoms with E-state index in [1.807, 2.05) is 0 Å². The Kier molecular flexibility index (Phi) is 7.37. The molecule has 4 rings (SSSR count). The third-order valence-electron chi connectivity index (χ3n) is 11.8. The smallest absolute Gasteiger partial charge is 0.136 e. The van der Waals surface area contributed by atoms with Crippen molar-refractivity contribution in [3.63, 3.8) is 0 Å². The summed E-state index contributed by atoms with van der Waals surface area (Å²) in [4.78, 5) is 13.4. The Bertz CT molecular complexity index is 753. The number of ketones is 1. The summed E-state index contributed by atoms with van der Waals surface area (Å²) in [5, 5.41) is 43.1. The SMILES string of the molecule is CC[C@@H](C(C)C)[C@@H](O)[C@H](O)[C@@H](C)[C@H]1CC[C@H]2[C@@H]3CC(=O)[C@H]4C[C@@H](O)[C@@H](O)C[C@]4(C)[C@H]3CC[C@]12C. The number of rotatable bonds is 6. The van der Waals surface area contributed by atoms with Crippen LogP contribution in [-0.4, -0.2) is 50.6 Å². The van der Waals surface area contributed by atoms with Gasteiger partial charge in [-0.2, -0.15) is 0 Å². The molecular weight excluding hydrogens is 428 g/mol. The summed E-state index contributed by atoms with van der Waals surface area (Å²) in [7, 11) is 0. The molecular formula is C29H50O5. The molecule has 0 radical (unpaired) electrons. The zero-order valence-electron chi connectivity index (χ0n) is 22.3. The van der Waals surface area contributed by atoms with Crippen LogP contribution in [0.4, 0.5) is 0 Å². The number of Topliss-reactive ketones (excluding diaryl/α,β-unsaturated/α-hetero) is 1. The molecule has 0 saturated heterocycles. The van der Waals surface area contributed by atoms with Gasteiger partial charge in [-0.1, -0.05) is 48.0 Å². The predicted octanol–water partition coefficient (Wildman–Crippen LogP) is 4.20. The molecule has 4 N–H and O–H groups in total. The minimum absolute atomic E-state index is 0.0172. The molecule has 0 aromatic heterocycles. The van der Waals surface area contributed by atoms with Crippen LogP contribution in [-0.2, 0) is 4.79 Å². The first-order chi connectivity index (χ1) is 15.9. The molecule has 4 saturated carbocycles. The fraction of sp³-hybridized carbons (Fsp3) is 0.966. The first kappa shape index (κ1) is 26.6. The van der Waals surface area contributed by atoms with Gasteiger partial charge in [-0.05, 0) is 90.8 Å². The van der Waals surface area contributed by atoms with E-state index in [9.17, 15) is 25.2 Å². The van der Waals surface area contributed by atoms with E-state index in [0.29, 0.717) is 48.9 Å². The van der Waals surface area contributed by atoms with Crippen LogP contribution in [0.2, 0.25) is 0 Å². The van der Waals surface area contributed by atoms with Crippen LogP contribution in [0.15, 0.2) is 0 Å². The Morgan fingerprint density at radius 3 is 2.21 bits per heavy atom. The second kappa shape index (κ2) is 9.43. The second-order valence-corrected chi connectivity index (χ2v) is 13.6. The highest BCUT2D eigenvalue weighted by Gasteiger charge is 2.63. The van der Waals surface area contributed by atoms with Crippen molar-refractivity contribution in [2.45, 2.75) is 117 Å². The zero-order valence-corrected chi connectivity index (χ0v) is 22.3. The average Bonchev–Trinajstić information content (AvgIpc) is 3.12. The van der Waals surface area contributed by atoms with Gasteiger partial charge < -0.3 is 20.4 Å². The normalized spacial score (nSPS) is 48.0. The summed E-state index contributed by atoms with van der Waals surface area (Å²) in [6, 6.07) is 0. The first-order valence-electron chi connectivity index (χ1n) is 14.1. The van der Waals surface area contributed by atoms with Crippen LogP contribution in [0.25, 0.3) is 0 Å². The summed E-state index contributed by atoms with van der Waals surface area (Å²) < 4.78 is 0. The largest absolute Gasteiger partial charge is 0.390 e. The maximum atomic E-state index is 13.4. The van der Waals surface area contributed by atoms with Crippen molar-refractivity contribution < 1.29 is 25.2 Å². The van der Waals surface area contributed by atoms with E-state index in [1.54, 1.807) is 0 Å². The fourth-order valence-electron chi connectivity index (χ4n) is 9.89. The molecule has 0 amide bonds. The van der Waals surface area contributed by atoms with Crippen LogP contribution < -0.4 is 0 Å². The molecule has 0 aromatic carbocycles. The van der Waals surface area contributed by atoms with Crippen molar-refractivity contribution in [3.8, 4) is 0 Å².